The van der Waals surface area contributed by atoms with E-state index in [-0.39, 0.29) is 16.7 Å². The molecule has 0 saturated carbocycles. The quantitative estimate of drug-likeness (QED) is 0.756. The minimum Gasteiger partial charge on any atom is -0.282 e. The second kappa shape index (κ2) is 6.25. The van der Waals surface area contributed by atoms with Gasteiger partial charge in [-0.15, -0.1) is 0 Å². The van der Waals surface area contributed by atoms with Gasteiger partial charge in [0.1, 0.15) is 4.90 Å². The lowest BCUT2D eigenvalue weighted by atomic mass is 9.87. The van der Waals surface area contributed by atoms with Crippen molar-refractivity contribution in [2.45, 2.75) is 64.2 Å². The second-order valence-corrected chi connectivity index (χ2v) is 8.48. The van der Waals surface area contributed by atoms with Gasteiger partial charge in [0.05, 0.1) is 0 Å². The van der Waals surface area contributed by atoms with E-state index in [4.69, 9.17) is 0 Å². The van der Waals surface area contributed by atoms with Crippen LogP contribution in [0.4, 0.5) is 0 Å². The smallest absolute Gasteiger partial charge is 0.282 e. The Kier molecular flexibility index (Phi) is 4.88. The molecule has 2 aromatic carbocycles. The van der Waals surface area contributed by atoms with Crippen LogP contribution >= 0.6 is 0 Å². The van der Waals surface area contributed by atoms with Crippen molar-refractivity contribution < 1.29 is 13.0 Å². The Labute approximate surface area is 139 Å². The van der Waals surface area contributed by atoms with Crippen LogP contribution in [0.1, 0.15) is 76.0 Å². The van der Waals surface area contributed by atoms with Gasteiger partial charge in [-0.2, -0.15) is 8.42 Å². The maximum atomic E-state index is 12.0. The van der Waals surface area contributed by atoms with Crippen molar-refractivity contribution >= 4 is 20.9 Å². The first-order chi connectivity index (χ1) is 10.5. The minimum atomic E-state index is -4.28. The van der Waals surface area contributed by atoms with E-state index in [0.29, 0.717) is 16.9 Å². The van der Waals surface area contributed by atoms with Gasteiger partial charge in [-0.25, -0.2) is 0 Å². The zero-order valence-corrected chi connectivity index (χ0v) is 15.5. The van der Waals surface area contributed by atoms with Crippen LogP contribution < -0.4 is 0 Å². The summed E-state index contributed by atoms with van der Waals surface area (Å²) in [4.78, 5) is 0.0576. The molecule has 0 unspecified atom stereocenters. The molecule has 1 N–H and O–H groups in total. The van der Waals surface area contributed by atoms with E-state index in [1.165, 1.54) is 5.56 Å². The Morgan fingerprint density at radius 3 is 1.70 bits per heavy atom. The molecule has 4 heteroatoms. The number of fused-ring (bicyclic) bond motifs is 1. The summed E-state index contributed by atoms with van der Waals surface area (Å²) < 4.78 is 33.9. The molecule has 0 heterocycles. The fourth-order valence-electron chi connectivity index (χ4n) is 3.14. The van der Waals surface area contributed by atoms with E-state index >= 15 is 0 Å². The van der Waals surface area contributed by atoms with Gasteiger partial charge in [-0.3, -0.25) is 4.55 Å². The predicted octanol–water partition coefficient (Wildman–Crippen LogP) is 5.46. The number of benzene rings is 2. The van der Waals surface area contributed by atoms with Crippen LogP contribution in [-0.4, -0.2) is 13.0 Å². The number of hydrogen-bond acceptors (Lipinski definition) is 2. The number of hydrogen-bond donors (Lipinski definition) is 1. The molecule has 0 aliphatic rings. The van der Waals surface area contributed by atoms with Crippen LogP contribution in [0.2, 0.25) is 0 Å². The van der Waals surface area contributed by atoms with E-state index < -0.39 is 10.1 Å². The zero-order chi connectivity index (χ0) is 17.5. The fraction of sp³-hybridized carbons (Fsp3) is 0.474. The molecule has 0 aliphatic heterocycles. The highest BCUT2D eigenvalue weighted by molar-refractivity contribution is 7.86. The number of rotatable bonds is 4. The maximum Gasteiger partial charge on any atom is 0.295 e. The van der Waals surface area contributed by atoms with Crippen molar-refractivity contribution in [1.82, 2.24) is 0 Å². The average Bonchev–Trinajstić information content (AvgIpc) is 2.42. The van der Waals surface area contributed by atoms with Crippen LogP contribution in [-0.2, 0) is 10.1 Å². The van der Waals surface area contributed by atoms with Crippen LogP contribution in [0.3, 0.4) is 0 Å². The molecule has 0 atom stereocenters. The third kappa shape index (κ3) is 3.43. The Morgan fingerprint density at radius 1 is 0.783 bits per heavy atom. The van der Waals surface area contributed by atoms with Crippen LogP contribution in [0, 0.1) is 0 Å². The van der Waals surface area contributed by atoms with Crippen molar-refractivity contribution in [2.75, 3.05) is 0 Å². The molecule has 3 nitrogen and oxygen atoms in total. The molecule has 0 bridgehead atoms. The lowest BCUT2D eigenvalue weighted by molar-refractivity contribution is 0.482. The molecule has 0 fully saturated rings. The minimum absolute atomic E-state index is 0.0172. The summed E-state index contributed by atoms with van der Waals surface area (Å²) in [5.41, 5.74) is 3.02. The predicted molar refractivity (Wildman–Crippen MR) is 96.0 cm³/mol. The monoisotopic (exact) mass is 334 g/mol. The molecule has 0 amide bonds. The van der Waals surface area contributed by atoms with Gasteiger partial charge in [-0.05, 0) is 45.9 Å². The normalized spacial score (nSPS) is 12.8. The van der Waals surface area contributed by atoms with Crippen molar-refractivity contribution in [3.8, 4) is 0 Å². The molecular weight excluding hydrogens is 308 g/mol. The van der Waals surface area contributed by atoms with Gasteiger partial charge in [0.2, 0.25) is 0 Å². The molecule has 0 aromatic heterocycles. The average molecular weight is 334 g/mol. The van der Waals surface area contributed by atoms with Gasteiger partial charge in [-0.1, -0.05) is 59.7 Å². The van der Waals surface area contributed by atoms with Crippen LogP contribution in [0.5, 0.6) is 0 Å². The summed E-state index contributed by atoms with van der Waals surface area (Å²) in [6.07, 6.45) is 0. The summed E-state index contributed by atoms with van der Waals surface area (Å²) in [6, 6.07) is 7.78. The zero-order valence-electron chi connectivity index (χ0n) is 14.7. The van der Waals surface area contributed by atoms with Crippen molar-refractivity contribution in [2.24, 2.45) is 0 Å². The summed E-state index contributed by atoms with van der Waals surface area (Å²) >= 11 is 0. The highest BCUT2D eigenvalue weighted by Gasteiger charge is 2.23. The first kappa shape index (κ1) is 18.0. The van der Waals surface area contributed by atoms with E-state index in [2.05, 4.69) is 33.8 Å². The molecule has 0 aliphatic carbocycles. The largest absolute Gasteiger partial charge is 0.295 e. The highest BCUT2D eigenvalue weighted by Crippen LogP contribution is 2.36. The molecule has 23 heavy (non-hydrogen) atoms. The van der Waals surface area contributed by atoms with Gasteiger partial charge >= 0.3 is 0 Å². The molecular formula is C19H26O3S. The Balaban J connectivity index is 2.99. The van der Waals surface area contributed by atoms with Crippen molar-refractivity contribution in [3.05, 3.63) is 41.0 Å². The SMILES string of the molecule is CC(C)c1cc2ccc(C(C)C)c(S(=O)(=O)O)c2cc1C(C)C. The molecule has 2 aromatic rings. The van der Waals surface area contributed by atoms with Crippen molar-refractivity contribution in [3.63, 3.8) is 0 Å². The van der Waals surface area contributed by atoms with Gasteiger partial charge in [0, 0.05) is 5.39 Å². The highest BCUT2D eigenvalue weighted by atomic mass is 32.2. The lowest BCUT2D eigenvalue weighted by Gasteiger charge is -2.20. The van der Waals surface area contributed by atoms with E-state index in [0.717, 1.165) is 10.9 Å². The molecule has 2 rings (SSSR count). The van der Waals surface area contributed by atoms with Gasteiger partial charge < -0.3 is 0 Å². The summed E-state index contributed by atoms with van der Waals surface area (Å²) in [6.45, 7) is 12.3. The molecule has 0 radical (unpaired) electrons. The standard InChI is InChI=1S/C19H26O3S/c1-11(2)15-8-7-14-9-16(12(3)4)17(13(5)6)10-18(14)19(15)23(20,21)22/h7-13H,1-6H3,(H,20,21,22). The first-order valence-corrected chi connectivity index (χ1v) is 9.56. The van der Waals surface area contributed by atoms with Crippen molar-refractivity contribution in [1.29, 1.82) is 0 Å². The third-order valence-corrected chi connectivity index (χ3v) is 5.30. The second-order valence-electron chi connectivity index (χ2n) is 7.13. The van der Waals surface area contributed by atoms with Crippen LogP contribution in [0.25, 0.3) is 10.8 Å². The maximum absolute atomic E-state index is 12.0. The Morgan fingerprint density at radius 2 is 1.26 bits per heavy atom. The fourth-order valence-corrected chi connectivity index (χ4v) is 4.19. The first-order valence-electron chi connectivity index (χ1n) is 8.12. The summed E-state index contributed by atoms with van der Waals surface area (Å²) in [5.74, 6) is 0.660. The van der Waals surface area contributed by atoms with Gasteiger partial charge in [0.25, 0.3) is 10.1 Å². The summed E-state index contributed by atoms with van der Waals surface area (Å²) in [7, 11) is -4.28. The topological polar surface area (TPSA) is 54.4 Å². The molecule has 0 spiro atoms. The Hall–Kier alpha value is -1.39. The summed E-state index contributed by atoms with van der Waals surface area (Å²) in [5, 5.41) is 1.47. The lowest BCUT2D eigenvalue weighted by Crippen LogP contribution is -2.07. The van der Waals surface area contributed by atoms with E-state index in [1.807, 2.05) is 32.0 Å². The van der Waals surface area contributed by atoms with Crippen LogP contribution in [0.15, 0.2) is 29.2 Å². The van der Waals surface area contributed by atoms with E-state index in [9.17, 15) is 13.0 Å². The van der Waals surface area contributed by atoms with Gasteiger partial charge in [0.15, 0.2) is 0 Å². The Bertz CT molecular complexity index is 831. The van der Waals surface area contributed by atoms with E-state index in [1.54, 1.807) is 0 Å². The third-order valence-electron chi connectivity index (χ3n) is 4.33. The molecule has 126 valence electrons. The molecule has 0 saturated heterocycles.